The highest BCUT2D eigenvalue weighted by Gasteiger charge is 2.38. The third-order valence-electron chi connectivity index (χ3n) is 5.38. The second-order valence-corrected chi connectivity index (χ2v) is 10.5. The van der Waals surface area contributed by atoms with Crippen molar-refractivity contribution in [2.75, 3.05) is 24.5 Å². The molecular weight excluding hydrogens is 481 g/mol. The standard InChI is InChI=1S/C21H20Cl3N3O3S/c1-13-21(14(2)30-25-13)31(28,29)26-9-10-27(19-8-7-17(23)11-18(19)24)20(12-26)15-3-5-16(22)6-4-15/h3-8,11,20H,9-10,12H2,1-2H3. The van der Waals surface area contributed by atoms with Gasteiger partial charge in [-0.25, -0.2) is 8.42 Å². The van der Waals surface area contributed by atoms with Crippen molar-refractivity contribution in [2.45, 2.75) is 24.8 Å². The zero-order valence-electron chi connectivity index (χ0n) is 16.8. The summed E-state index contributed by atoms with van der Waals surface area (Å²) in [6.07, 6.45) is 0. The highest BCUT2D eigenvalue weighted by Crippen LogP contribution is 2.38. The average Bonchev–Trinajstić information content (AvgIpc) is 3.07. The summed E-state index contributed by atoms with van der Waals surface area (Å²) in [6, 6.07) is 12.4. The SMILES string of the molecule is Cc1noc(C)c1S(=O)(=O)N1CCN(c2ccc(Cl)cc2Cl)C(c2ccc(Cl)cc2)C1. The van der Waals surface area contributed by atoms with Crippen LogP contribution in [0.5, 0.6) is 0 Å². The second-order valence-electron chi connectivity index (χ2n) is 7.37. The first-order chi connectivity index (χ1) is 14.7. The van der Waals surface area contributed by atoms with Crippen molar-refractivity contribution in [1.29, 1.82) is 0 Å². The van der Waals surface area contributed by atoms with Crippen LogP contribution in [0, 0.1) is 13.8 Å². The fourth-order valence-electron chi connectivity index (χ4n) is 3.92. The topological polar surface area (TPSA) is 66.7 Å². The van der Waals surface area contributed by atoms with E-state index in [1.54, 1.807) is 38.1 Å². The predicted octanol–water partition coefficient (Wildman–Crippen LogP) is 5.50. The lowest BCUT2D eigenvalue weighted by Gasteiger charge is -2.42. The average molecular weight is 501 g/mol. The lowest BCUT2D eigenvalue weighted by atomic mass is 10.0. The summed E-state index contributed by atoms with van der Waals surface area (Å²) in [5, 5.41) is 5.46. The maximum atomic E-state index is 13.4. The largest absolute Gasteiger partial charge is 0.361 e. The Bertz CT molecular complexity index is 1190. The minimum absolute atomic E-state index is 0.125. The quantitative estimate of drug-likeness (QED) is 0.473. The van der Waals surface area contributed by atoms with Crippen LogP contribution in [0.1, 0.15) is 23.1 Å². The fraction of sp³-hybridized carbons (Fsp3) is 0.286. The van der Waals surface area contributed by atoms with Crippen LogP contribution in [0.2, 0.25) is 15.1 Å². The molecule has 1 aliphatic heterocycles. The molecule has 0 amide bonds. The number of anilines is 1. The van der Waals surface area contributed by atoms with Gasteiger partial charge in [-0.1, -0.05) is 52.1 Å². The van der Waals surface area contributed by atoms with Gasteiger partial charge in [0.15, 0.2) is 5.76 Å². The summed E-state index contributed by atoms with van der Waals surface area (Å²) >= 11 is 18.6. The van der Waals surface area contributed by atoms with Gasteiger partial charge in [0, 0.05) is 29.7 Å². The summed E-state index contributed by atoms with van der Waals surface area (Å²) < 4.78 is 33.4. The molecule has 4 rings (SSSR count). The normalized spacial score (nSPS) is 17.8. The van der Waals surface area contributed by atoms with Gasteiger partial charge < -0.3 is 9.42 Å². The fourth-order valence-corrected chi connectivity index (χ4v) is 6.29. The van der Waals surface area contributed by atoms with E-state index in [9.17, 15) is 8.42 Å². The maximum Gasteiger partial charge on any atom is 0.248 e. The van der Waals surface area contributed by atoms with E-state index in [1.807, 2.05) is 18.2 Å². The minimum Gasteiger partial charge on any atom is -0.361 e. The first kappa shape index (κ1) is 22.4. The van der Waals surface area contributed by atoms with Crippen LogP contribution < -0.4 is 4.90 Å². The van der Waals surface area contributed by atoms with E-state index in [4.69, 9.17) is 39.3 Å². The third-order valence-corrected chi connectivity index (χ3v) is 8.28. The second kappa shape index (κ2) is 8.64. The van der Waals surface area contributed by atoms with Crippen molar-refractivity contribution < 1.29 is 12.9 Å². The van der Waals surface area contributed by atoms with Gasteiger partial charge in [-0.15, -0.1) is 0 Å². The molecule has 0 aliphatic carbocycles. The molecule has 0 saturated carbocycles. The Kier molecular flexibility index (Phi) is 6.25. The molecule has 6 nitrogen and oxygen atoms in total. The lowest BCUT2D eigenvalue weighted by molar-refractivity contribution is 0.334. The molecule has 10 heteroatoms. The van der Waals surface area contributed by atoms with Gasteiger partial charge in [0.05, 0.1) is 16.8 Å². The Hall–Kier alpha value is -1.77. The summed E-state index contributed by atoms with van der Waals surface area (Å²) in [6.45, 7) is 4.19. The number of aromatic nitrogens is 1. The number of nitrogens with zero attached hydrogens (tertiary/aromatic N) is 3. The summed E-state index contributed by atoms with van der Waals surface area (Å²) in [5.41, 5.74) is 2.07. The molecule has 0 bridgehead atoms. The number of piperazine rings is 1. The van der Waals surface area contributed by atoms with E-state index in [0.29, 0.717) is 27.3 Å². The minimum atomic E-state index is -3.78. The van der Waals surface area contributed by atoms with Gasteiger partial charge >= 0.3 is 0 Å². The first-order valence-corrected chi connectivity index (χ1v) is 12.2. The van der Waals surface area contributed by atoms with Crippen LogP contribution in [0.15, 0.2) is 51.9 Å². The van der Waals surface area contributed by atoms with Crippen LogP contribution in [0.3, 0.4) is 0 Å². The summed E-state index contributed by atoms with van der Waals surface area (Å²) in [5.74, 6) is 0.281. The molecule has 31 heavy (non-hydrogen) atoms. The number of halogens is 3. The molecular formula is C21H20Cl3N3O3S. The Labute approximate surface area is 196 Å². The monoisotopic (exact) mass is 499 g/mol. The van der Waals surface area contributed by atoms with E-state index in [1.165, 1.54) is 4.31 Å². The zero-order chi connectivity index (χ0) is 22.3. The van der Waals surface area contributed by atoms with Gasteiger partial charge in [0.25, 0.3) is 0 Å². The molecule has 1 fully saturated rings. The molecule has 0 spiro atoms. The Balaban J connectivity index is 1.75. The van der Waals surface area contributed by atoms with E-state index < -0.39 is 10.0 Å². The van der Waals surface area contributed by atoms with Crippen LogP contribution in [0.4, 0.5) is 5.69 Å². The van der Waals surface area contributed by atoms with Gasteiger partial charge in [-0.3, -0.25) is 0 Å². The van der Waals surface area contributed by atoms with Crippen LogP contribution in [-0.2, 0) is 10.0 Å². The maximum absolute atomic E-state index is 13.4. The first-order valence-electron chi connectivity index (χ1n) is 9.58. The molecule has 164 valence electrons. The molecule has 2 aromatic carbocycles. The number of hydrogen-bond donors (Lipinski definition) is 0. The van der Waals surface area contributed by atoms with E-state index in [0.717, 1.165) is 11.3 Å². The summed E-state index contributed by atoms with van der Waals surface area (Å²) in [4.78, 5) is 2.22. The zero-order valence-corrected chi connectivity index (χ0v) is 19.9. The van der Waals surface area contributed by atoms with Crippen molar-refractivity contribution in [3.63, 3.8) is 0 Å². The molecule has 1 aromatic heterocycles. The Morgan fingerprint density at radius 1 is 1.00 bits per heavy atom. The van der Waals surface area contributed by atoms with E-state index in [-0.39, 0.29) is 29.8 Å². The smallest absolute Gasteiger partial charge is 0.248 e. The van der Waals surface area contributed by atoms with E-state index >= 15 is 0 Å². The molecule has 0 radical (unpaired) electrons. The highest BCUT2D eigenvalue weighted by molar-refractivity contribution is 7.89. The molecule has 0 N–H and O–H groups in total. The third kappa shape index (κ3) is 4.30. The number of aryl methyl sites for hydroxylation is 2. The number of rotatable bonds is 4. The van der Waals surface area contributed by atoms with Gasteiger partial charge in [0.2, 0.25) is 10.0 Å². The van der Waals surface area contributed by atoms with Crippen molar-refractivity contribution >= 4 is 50.5 Å². The molecule has 1 saturated heterocycles. The van der Waals surface area contributed by atoms with Crippen LogP contribution in [-0.4, -0.2) is 37.5 Å². The van der Waals surface area contributed by atoms with Crippen molar-refractivity contribution in [1.82, 2.24) is 9.46 Å². The van der Waals surface area contributed by atoms with Gasteiger partial charge in [0.1, 0.15) is 10.6 Å². The number of hydrogen-bond acceptors (Lipinski definition) is 5. The van der Waals surface area contributed by atoms with Gasteiger partial charge in [-0.05, 0) is 49.7 Å². The molecule has 1 unspecified atom stereocenters. The van der Waals surface area contributed by atoms with Crippen LogP contribution >= 0.6 is 34.8 Å². The summed E-state index contributed by atoms with van der Waals surface area (Å²) in [7, 11) is -3.78. The molecule has 1 aliphatic rings. The predicted molar refractivity (Wildman–Crippen MR) is 123 cm³/mol. The molecule has 1 atom stereocenters. The Morgan fingerprint density at radius 3 is 2.29 bits per heavy atom. The molecule has 2 heterocycles. The number of benzene rings is 2. The number of sulfonamides is 1. The van der Waals surface area contributed by atoms with Gasteiger partial charge in [-0.2, -0.15) is 4.31 Å². The van der Waals surface area contributed by atoms with Crippen molar-refractivity contribution in [3.8, 4) is 0 Å². The highest BCUT2D eigenvalue weighted by atomic mass is 35.5. The van der Waals surface area contributed by atoms with Crippen molar-refractivity contribution in [2.24, 2.45) is 0 Å². The van der Waals surface area contributed by atoms with E-state index in [2.05, 4.69) is 10.1 Å². The lowest BCUT2D eigenvalue weighted by Crippen LogP contribution is -2.50. The van der Waals surface area contributed by atoms with Crippen LogP contribution in [0.25, 0.3) is 0 Å². The molecule has 3 aromatic rings. The van der Waals surface area contributed by atoms with Crippen molar-refractivity contribution in [3.05, 3.63) is 74.6 Å². The Morgan fingerprint density at radius 2 is 1.68 bits per heavy atom.